The van der Waals surface area contributed by atoms with E-state index in [0.717, 1.165) is 27.8 Å². The number of ether oxygens (including phenoxy) is 1. The molecule has 0 aliphatic carbocycles. The van der Waals surface area contributed by atoms with E-state index in [1.54, 1.807) is 18.9 Å². The Balaban J connectivity index is 2.30. The van der Waals surface area contributed by atoms with Crippen molar-refractivity contribution < 1.29 is 9.53 Å². The third kappa shape index (κ3) is 2.85. The second-order valence-corrected chi connectivity index (χ2v) is 5.08. The van der Waals surface area contributed by atoms with Gasteiger partial charge in [0.1, 0.15) is 5.75 Å². The van der Waals surface area contributed by atoms with Gasteiger partial charge in [-0.05, 0) is 35.2 Å². The van der Waals surface area contributed by atoms with E-state index >= 15 is 0 Å². The molecule has 0 amide bonds. The quantitative estimate of drug-likeness (QED) is 0.765. The first-order chi connectivity index (χ1) is 8.74. The minimum atomic E-state index is 0.210. The maximum Gasteiger partial charge on any atom is 0.163 e. The van der Waals surface area contributed by atoms with E-state index in [1.807, 2.05) is 42.7 Å². The number of carbonyl (C=O) groups is 1. The monoisotopic (exact) mass is 260 g/mol. The van der Waals surface area contributed by atoms with E-state index in [2.05, 4.69) is 0 Å². The predicted octanol–water partition coefficient (Wildman–Crippen LogP) is 3.78. The minimum Gasteiger partial charge on any atom is -0.497 e. The van der Waals surface area contributed by atoms with Crippen LogP contribution in [-0.2, 0) is 0 Å². The molecule has 2 nitrogen and oxygen atoms in total. The lowest BCUT2D eigenvalue weighted by Gasteiger charge is -2.05. The van der Waals surface area contributed by atoms with Crippen molar-refractivity contribution in [1.29, 1.82) is 0 Å². The number of methoxy groups -OCH3 is 1. The van der Waals surface area contributed by atoms with Crippen molar-refractivity contribution in [3.8, 4) is 5.75 Å². The molecule has 2 aromatic carbocycles. The predicted molar refractivity (Wildman–Crippen MR) is 77.8 cm³/mol. The zero-order chi connectivity index (χ0) is 13.0. The molecule has 0 bridgehead atoms. The Kier molecular flexibility index (Phi) is 4.26. The summed E-state index contributed by atoms with van der Waals surface area (Å²) in [5, 5.41) is 2.17. The van der Waals surface area contributed by atoms with Gasteiger partial charge in [-0.1, -0.05) is 18.2 Å². The van der Waals surface area contributed by atoms with Crippen molar-refractivity contribution in [2.45, 2.75) is 6.42 Å². The van der Waals surface area contributed by atoms with Crippen molar-refractivity contribution >= 4 is 28.3 Å². The van der Waals surface area contributed by atoms with E-state index in [9.17, 15) is 4.79 Å². The Morgan fingerprint density at radius 3 is 2.61 bits per heavy atom. The van der Waals surface area contributed by atoms with Crippen molar-refractivity contribution in [2.24, 2.45) is 0 Å². The molecule has 0 saturated carbocycles. The molecule has 0 aromatic heterocycles. The highest BCUT2D eigenvalue weighted by molar-refractivity contribution is 7.98. The molecule has 0 unspecified atom stereocenters. The van der Waals surface area contributed by atoms with Gasteiger partial charge in [-0.15, -0.1) is 0 Å². The van der Waals surface area contributed by atoms with Gasteiger partial charge >= 0.3 is 0 Å². The first-order valence-electron chi connectivity index (χ1n) is 5.84. The largest absolute Gasteiger partial charge is 0.497 e. The third-order valence-corrected chi connectivity index (χ3v) is 3.52. The highest BCUT2D eigenvalue weighted by Crippen LogP contribution is 2.22. The van der Waals surface area contributed by atoms with Crippen molar-refractivity contribution in [3.63, 3.8) is 0 Å². The number of fused-ring (bicyclic) bond motifs is 1. The number of rotatable bonds is 5. The summed E-state index contributed by atoms with van der Waals surface area (Å²) < 4.78 is 5.18. The van der Waals surface area contributed by atoms with Crippen LogP contribution in [0.3, 0.4) is 0 Å². The summed E-state index contributed by atoms with van der Waals surface area (Å²) >= 11 is 1.70. The Morgan fingerprint density at radius 1 is 1.17 bits per heavy atom. The Hall–Kier alpha value is -1.48. The molecule has 0 radical (unpaired) electrons. The van der Waals surface area contributed by atoms with Crippen LogP contribution in [0.15, 0.2) is 36.4 Å². The fourth-order valence-corrected chi connectivity index (χ4v) is 2.25. The molecule has 0 heterocycles. The van der Waals surface area contributed by atoms with Gasteiger partial charge in [0.15, 0.2) is 5.78 Å². The molecule has 0 aliphatic rings. The molecule has 0 spiro atoms. The van der Waals surface area contributed by atoms with Gasteiger partial charge in [0, 0.05) is 17.7 Å². The minimum absolute atomic E-state index is 0.210. The summed E-state index contributed by atoms with van der Waals surface area (Å²) in [5.74, 6) is 1.92. The molecule has 0 N–H and O–H groups in total. The molecule has 0 atom stereocenters. The molecule has 3 heteroatoms. The number of Topliss-reactive ketones (excluding diaryl/α,β-unsaturated/α-hetero) is 1. The Bertz CT molecular complexity index is 563. The Morgan fingerprint density at radius 2 is 1.89 bits per heavy atom. The zero-order valence-corrected chi connectivity index (χ0v) is 11.4. The van der Waals surface area contributed by atoms with Gasteiger partial charge in [-0.2, -0.15) is 11.8 Å². The molecule has 94 valence electrons. The molecule has 0 fully saturated rings. The van der Waals surface area contributed by atoms with Crippen LogP contribution in [0, 0.1) is 0 Å². The number of benzene rings is 2. The van der Waals surface area contributed by atoms with Crippen LogP contribution in [0.1, 0.15) is 16.8 Å². The Labute approximate surface area is 111 Å². The maximum absolute atomic E-state index is 11.9. The van der Waals surface area contributed by atoms with Crippen LogP contribution in [-0.4, -0.2) is 24.9 Å². The van der Waals surface area contributed by atoms with Gasteiger partial charge in [0.05, 0.1) is 7.11 Å². The normalized spacial score (nSPS) is 10.6. The van der Waals surface area contributed by atoms with Crippen molar-refractivity contribution in [1.82, 2.24) is 0 Å². The molecular weight excluding hydrogens is 244 g/mol. The van der Waals surface area contributed by atoms with Crippen molar-refractivity contribution in [2.75, 3.05) is 19.1 Å². The summed E-state index contributed by atoms with van der Waals surface area (Å²) in [4.78, 5) is 11.9. The lowest BCUT2D eigenvalue weighted by Crippen LogP contribution is -2.00. The lowest BCUT2D eigenvalue weighted by atomic mass is 10.0. The summed E-state index contributed by atoms with van der Waals surface area (Å²) in [7, 11) is 1.65. The van der Waals surface area contributed by atoms with Crippen LogP contribution >= 0.6 is 11.8 Å². The standard InChI is InChI=1S/C15H16O2S/c1-17-14-6-5-11-9-13(4-3-12(11)10-14)15(16)7-8-18-2/h3-6,9-10H,7-8H2,1-2H3. The van der Waals surface area contributed by atoms with Gasteiger partial charge in [0.2, 0.25) is 0 Å². The first-order valence-corrected chi connectivity index (χ1v) is 7.24. The van der Waals surface area contributed by atoms with Crippen LogP contribution < -0.4 is 4.74 Å². The second-order valence-electron chi connectivity index (χ2n) is 4.09. The van der Waals surface area contributed by atoms with Crippen LogP contribution in [0.5, 0.6) is 5.75 Å². The number of carbonyl (C=O) groups excluding carboxylic acids is 1. The number of hydrogen-bond acceptors (Lipinski definition) is 3. The van der Waals surface area contributed by atoms with E-state index < -0.39 is 0 Å². The third-order valence-electron chi connectivity index (χ3n) is 2.90. The maximum atomic E-state index is 11.9. The second kappa shape index (κ2) is 5.91. The lowest BCUT2D eigenvalue weighted by molar-refractivity contribution is 0.0989. The van der Waals surface area contributed by atoms with Gasteiger partial charge < -0.3 is 4.74 Å². The SMILES string of the molecule is COc1ccc2cc(C(=O)CCSC)ccc2c1. The van der Waals surface area contributed by atoms with Gasteiger partial charge in [0.25, 0.3) is 0 Å². The zero-order valence-electron chi connectivity index (χ0n) is 10.6. The van der Waals surface area contributed by atoms with Crippen LogP contribution in [0.2, 0.25) is 0 Å². The molecule has 18 heavy (non-hydrogen) atoms. The summed E-state index contributed by atoms with van der Waals surface area (Å²) in [6, 6.07) is 11.7. The molecule has 0 saturated heterocycles. The molecular formula is C15H16O2S. The smallest absolute Gasteiger partial charge is 0.163 e. The van der Waals surface area contributed by atoms with E-state index in [-0.39, 0.29) is 5.78 Å². The highest BCUT2D eigenvalue weighted by atomic mass is 32.2. The fourth-order valence-electron chi connectivity index (χ4n) is 1.86. The van der Waals surface area contributed by atoms with Crippen molar-refractivity contribution in [3.05, 3.63) is 42.0 Å². The molecule has 2 rings (SSSR count). The topological polar surface area (TPSA) is 26.3 Å². The average molecular weight is 260 g/mol. The van der Waals surface area contributed by atoms with Crippen LogP contribution in [0.4, 0.5) is 0 Å². The summed E-state index contributed by atoms with van der Waals surface area (Å²) in [6.45, 7) is 0. The number of thioether (sulfide) groups is 1. The van der Waals surface area contributed by atoms with E-state index in [0.29, 0.717) is 6.42 Å². The molecule has 2 aromatic rings. The van der Waals surface area contributed by atoms with Gasteiger partial charge in [-0.3, -0.25) is 4.79 Å². The van der Waals surface area contributed by atoms with Gasteiger partial charge in [-0.25, -0.2) is 0 Å². The summed E-state index contributed by atoms with van der Waals surface area (Å²) in [6.07, 6.45) is 2.61. The first kappa shape index (κ1) is 13.0. The molecule has 0 aliphatic heterocycles. The summed E-state index contributed by atoms with van der Waals surface area (Å²) in [5.41, 5.74) is 0.793. The van der Waals surface area contributed by atoms with E-state index in [1.165, 1.54) is 0 Å². The van der Waals surface area contributed by atoms with E-state index in [4.69, 9.17) is 4.74 Å². The highest BCUT2D eigenvalue weighted by Gasteiger charge is 2.06. The number of hydrogen-bond donors (Lipinski definition) is 0. The average Bonchev–Trinajstić information content (AvgIpc) is 2.43. The number of ketones is 1. The fraction of sp³-hybridized carbons (Fsp3) is 0.267. The van der Waals surface area contributed by atoms with Crippen LogP contribution in [0.25, 0.3) is 10.8 Å².